The van der Waals surface area contributed by atoms with E-state index in [2.05, 4.69) is 10.3 Å². The number of rotatable bonds is 3. The summed E-state index contributed by atoms with van der Waals surface area (Å²) >= 11 is 0. The molecule has 0 fully saturated rings. The Morgan fingerprint density at radius 1 is 1.38 bits per heavy atom. The number of alkyl carbamates (subject to hydrolysis) is 1. The lowest BCUT2D eigenvalue weighted by Crippen LogP contribution is -2.36. The first-order chi connectivity index (χ1) is 9.54. The molecule has 0 radical (unpaired) electrons. The minimum atomic E-state index is -4.68. The Hall–Kier alpha value is -2.12. The number of nitrogens with zero attached hydrogens (tertiary/aromatic N) is 1. The number of carbonyl (C=O) groups excluding carboxylic acids is 2. The highest BCUT2D eigenvalue weighted by Gasteiger charge is 2.36. The van der Waals surface area contributed by atoms with Crippen molar-refractivity contribution in [1.29, 1.82) is 0 Å². The van der Waals surface area contributed by atoms with Gasteiger partial charge in [-0.25, -0.2) is 4.79 Å². The van der Waals surface area contributed by atoms with Crippen molar-refractivity contribution in [2.24, 2.45) is 0 Å². The van der Waals surface area contributed by atoms with Crippen LogP contribution in [0.2, 0.25) is 0 Å². The van der Waals surface area contributed by atoms with Gasteiger partial charge in [-0.2, -0.15) is 13.2 Å². The second kappa shape index (κ2) is 6.11. The number of ether oxygens (including phenoxy) is 1. The minimum absolute atomic E-state index is 0.168. The lowest BCUT2D eigenvalue weighted by molar-refractivity contribution is -0.138. The molecule has 1 N–H and O–H groups in total. The van der Waals surface area contributed by atoms with Crippen LogP contribution in [0, 0.1) is 0 Å². The van der Waals surface area contributed by atoms with Crippen LogP contribution < -0.4 is 5.32 Å². The third kappa shape index (κ3) is 5.05. The van der Waals surface area contributed by atoms with Gasteiger partial charge < -0.3 is 14.8 Å². The number of aldehydes is 1. The van der Waals surface area contributed by atoms with E-state index in [4.69, 9.17) is 4.74 Å². The summed E-state index contributed by atoms with van der Waals surface area (Å²) in [6.45, 7) is 4.76. The van der Waals surface area contributed by atoms with Crippen molar-refractivity contribution >= 4 is 12.4 Å². The van der Waals surface area contributed by atoms with E-state index in [1.165, 1.54) is 0 Å². The third-order valence-corrected chi connectivity index (χ3v) is 2.25. The van der Waals surface area contributed by atoms with Gasteiger partial charge in [0.15, 0.2) is 0 Å². The molecular weight excluding hydrogens is 289 g/mol. The van der Waals surface area contributed by atoms with Crippen LogP contribution in [0.15, 0.2) is 18.3 Å². The summed E-state index contributed by atoms with van der Waals surface area (Å²) in [4.78, 5) is 26.1. The molecule has 5 nitrogen and oxygen atoms in total. The molecule has 0 aliphatic heterocycles. The molecule has 1 unspecified atom stereocenters. The summed E-state index contributed by atoms with van der Waals surface area (Å²) in [5.41, 5.74) is -2.50. The van der Waals surface area contributed by atoms with Crippen molar-refractivity contribution in [2.75, 3.05) is 0 Å². The molecule has 0 aliphatic rings. The van der Waals surface area contributed by atoms with E-state index in [0.29, 0.717) is 0 Å². The second-order valence-electron chi connectivity index (χ2n) is 5.19. The summed E-state index contributed by atoms with van der Waals surface area (Å²) in [6, 6.07) is 0.342. The molecule has 21 heavy (non-hydrogen) atoms. The van der Waals surface area contributed by atoms with Gasteiger partial charge in [0.05, 0.1) is 11.3 Å². The fourth-order valence-electron chi connectivity index (χ4n) is 1.51. The van der Waals surface area contributed by atoms with Crippen LogP contribution in [0.1, 0.15) is 38.1 Å². The minimum Gasteiger partial charge on any atom is -0.444 e. The van der Waals surface area contributed by atoms with E-state index in [1.807, 2.05) is 0 Å². The highest BCUT2D eigenvalue weighted by molar-refractivity contribution is 5.74. The second-order valence-corrected chi connectivity index (χ2v) is 5.19. The first-order valence-electron chi connectivity index (χ1n) is 6.01. The Bertz CT molecular complexity index is 524. The maximum Gasteiger partial charge on any atom is 0.418 e. The number of hydrogen-bond donors (Lipinski definition) is 1. The van der Waals surface area contributed by atoms with Crippen LogP contribution in [0.3, 0.4) is 0 Å². The molecule has 8 heteroatoms. The fourth-order valence-corrected chi connectivity index (χ4v) is 1.51. The summed E-state index contributed by atoms with van der Waals surface area (Å²) < 4.78 is 43.5. The van der Waals surface area contributed by atoms with E-state index in [-0.39, 0.29) is 6.29 Å². The number of aromatic nitrogens is 1. The van der Waals surface area contributed by atoms with Crippen molar-refractivity contribution in [3.8, 4) is 0 Å². The standard InChI is InChI=1S/C13H15F3N2O3/c1-12(2,3)21-11(20)18-9(7-19)10-8(13(14,15)16)5-4-6-17-10/h4-7,9H,1-3H3,(H,18,20). The Labute approximate surface area is 119 Å². The zero-order chi connectivity index (χ0) is 16.3. The first-order valence-corrected chi connectivity index (χ1v) is 6.01. The Morgan fingerprint density at radius 2 is 2.00 bits per heavy atom. The van der Waals surface area contributed by atoms with Gasteiger partial charge in [0.1, 0.15) is 17.9 Å². The maximum atomic E-state index is 12.9. The maximum absolute atomic E-state index is 12.9. The average Bonchev–Trinajstić information content (AvgIpc) is 2.32. The summed E-state index contributed by atoms with van der Waals surface area (Å²) in [5, 5.41) is 2.06. The van der Waals surface area contributed by atoms with Gasteiger partial charge in [0.25, 0.3) is 0 Å². The van der Waals surface area contributed by atoms with Crippen molar-refractivity contribution in [1.82, 2.24) is 10.3 Å². The Kier molecular flexibility index (Phi) is 4.93. The molecule has 0 saturated heterocycles. The van der Waals surface area contributed by atoms with E-state index in [0.717, 1.165) is 18.3 Å². The number of hydrogen-bond acceptors (Lipinski definition) is 4. The molecule has 1 atom stereocenters. The van der Waals surface area contributed by atoms with Gasteiger partial charge in [-0.15, -0.1) is 0 Å². The molecule has 1 heterocycles. The smallest absolute Gasteiger partial charge is 0.418 e. The summed E-state index contributed by atoms with van der Waals surface area (Å²) in [7, 11) is 0. The fraction of sp³-hybridized carbons (Fsp3) is 0.462. The number of alkyl halides is 3. The van der Waals surface area contributed by atoms with Crippen LogP contribution in [-0.2, 0) is 15.7 Å². The quantitative estimate of drug-likeness (QED) is 0.872. The molecular formula is C13H15F3N2O3. The zero-order valence-electron chi connectivity index (χ0n) is 11.7. The van der Waals surface area contributed by atoms with Crippen LogP contribution in [0.25, 0.3) is 0 Å². The molecule has 0 aromatic carbocycles. The van der Waals surface area contributed by atoms with Crippen molar-refractivity contribution in [2.45, 2.75) is 38.6 Å². The van der Waals surface area contributed by atoms with Gasteiger partial charge in [0, 0.05) is 6.20 Å². The Morgan fingerprint density at radius 3 is 2.48 bits per heavy atom. The summed E-state index contributed by atoms with van der Waals surface area (Å²) in [6.07, 6.45) is -4.40. The number of amides is 1. The van der Waals surface area contributed by atoms with Crippen LogP contribution in [0.4, 0.5) is 18.0 Å². The number of halogens is 3. The van der Waals surface area contributed by atoms with E-state index in [9.17, 15) is 22.8 Å². The predicted octanol–water partition coefficient (Wildman–Crippen LogP) is 2.87. The molecule has 1 amide bonds. The highest BCUT2D eigenvalue weighted by Crippen LogP contribution is 2.33. The van der Waals surface area contributed by atoms with Gasteiger partial charge in [0.2, 0.25) is 0 Å². The first kappa shape index (κ1) is 16.9. The molecule has 0 bridgehead atoms. The van der Waals surface area contributed by atoms with Gasteiger partial charge >= 0.3 is 12.3 Å². The average molecular weight is 304 g/mol. The topological polar surface area (TPSA) is 68.3 Å². The zero-order valence-corrected chi connectivity index (χ0v) is 11.7. The third-order valence-electron chi connectivity index (χ3n) is 2.25. The molecule has 0 saturated carbocycles. The lowest BCUT2D eigenvalue weighted by atomic mass is 10.1. The molecule has 0 aliphatic carbocycles. The van der Waals surface area contributed by atoms with Crippen LogP contribution in [-0.4, -0.2) is 23.0 Å². The van der Waals surface area contributed by atoms with Crippen LogP contribution in [0.5, 0.6) is 0 Å². The monoisotopic (exact) mass is 304 g/mol. The van der Waals surface area contributed by atoms with Gasteiger partial charge in [-0.05, 0) is 32.9 Å². The van der Waals surface area contributed by atoms with E-state index >= 15 is 0 Å². The molecule has 1 aromatic heterocycles. The van der Waals surface area contributed by atoms with Crippen molar-refractivity contribution in [3.63, 3.8) is 0 Å². The van der Waals surface area contributed by atoms with Gasteiger partial charge in [-0.1, -0.05) is 0 Å². The van der Waals surface area contributed by atoms with Crippen molar-refractivity contribution < 1.29 is 27.5 Å². The van der Waals surface area contributed by atoms with Crippen LogP contribution >= 0.6 is 0 Å². The Balaban J connectivity index is 3.02. The lowest BCUT2D eigenvalue weighted by Gasteiger charge is -2.22. The molecule has 0 spiro atoms. The molecule has 116 valence electrons. The van der Waals surface area contributed by atoms with E-state index < -0.39 is 35.2 Å². The highest BCUT2D eigenvalue weighted by atomic mass is 19.4. The number of nitrogens with one attached hydrogen (secondary N) is 1. The largest absolute Gasteiger partial charge is 0.444 e. The SMILES string of the molecule is CC(C)(C)OC(=O)NC(C=O)c1ncccc1C(F)(F)F. The molecule has 1 rings (SSSR count). The predicted molar refractivity (Wildman–Crippen MR) is 67.4 cm³/mol. The van der Waals surface area contributed by atoms with Crippen molar-refractivity contribution in [3.05, 3.63) is 29.6 Å². The molecule has 1 aromatic rings. The number of pyridine rings is 1. The van der Waals surface area contributed by atoms with E-state index in [1.54, 1.807) is 20.8 Å². The number of carbonyl (C=O) groups is 2. The summed E-state index contributed by atoms with van der Waals surface area (Å²) in [5.74, 6) is 0. The normalized spacial score (nSPS) is 13.4. The van der Waals surface area contributed by atoms with Gasteiger partial charge in [-0.3, -0.25) is 4.98 Å².